The number of carbonyl (C=O) groups is 2. The fourth-order valence-corrected chi connectivity index (χ4v) is 5.01. The van der Waals surface area contributed by atoms with E-state index in [1.807, 2.05) is 50.2 Å². The Labute approximate surface area is 275 Å². The summed E-state index contributed by atoms with van der Waals surface area (Å²) in [7, 11) is 1.28. The molecular weight excluding hydrogens is 660 g/mol. The Morgan fingerprint density at radius 3 is 2.39 bits per heavy atom. The van der Waals surface area contributed by atoms with Crippen LogP contribution in [0.15, 0.2) is 81.5 Å². The molecule has 3 aromatic carbocycles. The summed E-state index contributed by atoms with van der Waals surface area (Å²) in [6.45, 7) is 6.35. The van der Waals surface area contributed by atoms with Crippen LogP contribution in [0.1, 0.15) is 43.5 Å². The Bertz CT molecular complexity index is 1580. The molecule has 1 heterocycles. The van der Waals surface area contributed by atoms with E-state index < -0.39 is 24.3 Å². The van der Waals surface area contributed by atoms with E-state index in [2.05, 4.69) is 37.1 Å². The molecule has 244 valence electrons. The van der Waals surface area contributed by atoms with E-state index in [1.54, 1.807) is 37.4 Å². The number of aliphatic hydroxyl groups is 1. The van der Waals surface area contributed by atoms with Gasteiger partial charge >= 0.3 is 12.0 Å². The second-order valence-corrected chi connectivity index (χ2v) is 10.8. The molecule has 0 radical (unpaired) electrons. The molecule has 4 N–H and O–H groups in total. The van der Waals surface area contributed by atoms with E-state index in [-0.39, 0.29) is 12.2 Å². The van der Waals surface area contributed by atoms with Gasteiger partial charge in [-0.15, -0.1) is 0 Å². The monoisotopic (exact) mass is 696 g/mol. The summed E-state index contributed by atoms with van der Waals surface area (Å²) in [5.74, 6) is 1.30. The maximum absolute atomic E-state index is 12.5. The minimum Gasteiger partial charge on any atom is -0.490 e. The Balaban J connectivity index is 1.40. The Kier molecular flexibility index (Phi) is 12.3. The van der Waals surface area contributed by atoms with Crippen molar-refractivity contribution in [3.63, 3.8) is 0 Å². The maximum Gasteiger partial charge on any atom is 0.337 e. The second kappa shape index (κ2) is 16.5. The largest absolute Gasteiger partial charge is 0.490 e. The number of nitrogens with one attached hydrogen (secondary N) is 3. The number of amides is 2. The molecule has 1 aliphatic rings. The van der Waals surface area contributed by atoms with Crippen LogP contribution in [0.2, 0.25) is 0 Å². The normalized spacial score (nSPS) is 15.1. The number of halogens is 1. The lowest BCUT2D eigenvalue weighted by atomic mass is 9.95. The Morgan fingerprint density at radius 1 is 1.00 bits per heavy atom. The highest BCUT2D eigenvalue weighted by Gasteiger charge is 2.32. The van der Waals surface area contributed by atoms with Crippen molar-refractivity contribution in [1.82, 2.24) is 16.1 Å². The molecule has 0 saturated heterocycles. The van der Waals surface area contributed by atoms with E-state index >= 15 is 0 Å². The van der Waals surface area contributed by atoms with Crippen molar-refractivity contribution in [3.8, 4) is 23.0 Å². The maximum atomic E-state index is 12.5. The molecule has 46 heavy (non-hydrogen) atoms. The molecule has 1 aliphatic heterocycles. The summed E-state index contributed by atoms with van der Waals surface area (Å²) in [5, 5.41) is 20.0. The number of benzene rings is 3. The number of nitrogens with zero attached hydrogens (tertiary/aromatic N) is 1. The standard InChI is InChI=1S/C33H37BrN4O8/c1-5-43-26-14-22(31-30(32(40)42-4)20(3)36-33(41)37-31)12-13-25(26)46-19-29(39)38-35-17-23-15-27(44-6-2)28(16-24(23)34)45-18-21-10-8-7-9-11-21/h7-17,29,31,38-39H,5-6,18-19H2,1-4H3,(H2,36,37,41)/b35-17-/t29-,31+/m1/s1. The van der Waals surface area contributed by atoms with Crippen LogP contribution in [0.4, 0.5) is 4.79 Å². The van der Waals surface area contributed by atoms with Crippen molar-refractivity contribution in [1.29, 1.82) is 0 Å². The molecule has 2 amide bonds. The smallest absolute Gasteiger partial charge is 0.337 e. The number of methoxy groups -OCH3 is 1. The number of carbonyl (C=O) groups excluding carboxylic acids is 2. The molecule has 13 heteroatoms. The molecule has 12 nitrogen and oxygen atoms in total. The third kappa shape index (κ3) is 8.92. The lowest BCUT2D eigenvalue weighted by molar-refractivity contribution is -0.136. The molecule has 3 aromatic rings. The number of esters is 1. The van der Waals surface area contributed by atoms with Gasteiger partial charge in [0.05, 0.1) is 38.2 Å². The first-order chi connectivity index (χ1) is 22.2. The zero-order valence-corrected chi connectivity index (χ0v) is 27.6. The van der Waals surface area contributed by atoms with E-state index in [0.29, 0.717) is 59.6 Å². The summed E-state index contributed by atoms with van der Waals surface area (Å²) in [4.78, 5) is 24.6. The number of hydrogen-bond donors (Lipinski definition) is 4. The summed E-state index contributed by atoms with van der Waals surface area (Å²) in [5.41, 5.74) is 5.62. The number of hydrogen-bond acceptors (Lipinski definition) is 10. The van der Waals surface area contributed by atoms with Crippen LogP contribution in [0, 0.1) is 0 Å². The summed E-state index contributed by atoms with van der Waals surface area (Å²) >= 11 is 3.56. The van der Waals surface area contributed by atoms with Gasteiger partial charge < -0.3 is 39.4 Å². The number of rotatable bonds is 15. The highest BCUT2D eigenvalue weighted by atomic mass is 79.9. The zero-order chi connectivity index (χ0) is 33.1. The summed E-state index contributed by atoms with van der Waals surface area (Å²) in [6.07, 6.45) is 0.378. The number of ether oxygens (including phenoxy) is 5. The molecule has 0 aliphatic carbocycles. The van der Waals surface area contributed by atoms with Crippen molar-refractivity contribution in [2.24, 2.45) is 5.10 Å². The topological polar surface area (TPSA) is 149 Å². The molecule has 0 spiro atoms. The minimum absolute atomic E-state index is 0.162. The molecule has 4 rings (SSSR count). The first kappa shape index (κ1) is 34.1. The fourth-order valence-electron chi connectivity index (χ4n) is 4.58. The van der Waals surface area contributed by atoms with E-state index in [0.717, 1.165) is 10.0 Å². The third-order valence-corrected chi connectivity index (χ3v) is 7.39. The van der Waals surface area contributed by atoms with Gasteiger partial charge in [-0.05, 0) is 72.1 Å². The predicted molar refractivity (Wildman–Crippen MR) is 175 cm³/mol. The van der Waals surface area contributed by atoms with Crippen LogP contribution in [0.5, 0.6) is 23.0 Å². The lowest BCUT2D eigenvalue weighted by Crippen LogP contribution is -2.45. The number of urea groups is 1. The van der Waals surface area contributed by atoms with Crippen LogP contribution in [-0.2, 0) is 16.1 Å². The van der Waals surface area contributed by atoms with E-state index in [9.17, 15) is 14.7 Å². The molecular formula is C33H37BrN4O8. The van der Waals surface area contributed by atoms with E-state index in [1.165, 1.54) is 7.11 Å². The van der Waals surface area contributed by atoms with Crippen molar-refractivity contribution < 1.29 is 38.4 Å². The fraction of sp³-hybridized carbons (Fsp3) is 0.303. The highest BCUT2D eigenvalue weighted by Crippen LogP contribution is 2.36. The molecule has 0 bridgehead atoms. The van der Waals surface area contributed by atoms with Gasteiger partial charge in [0.1, 0.15) is 13.2 Å². The summed E-state index contributed by atoms with van der Waals surface area (Å²) in [6, 6.07) is 17.2. The van der Waals surface area contributed by atoms with Crippen molar-refractivity contribution in [2.75, 3.05) is 26.9 Å². The third-order valence-electron chi connectivity index (χ3n) is 6.70. The van der Waals surface area contributed by atoms with Gasteiger partial charge in [-0.2, -0.15) is 5.10 Å². The van der Waals surface area contributed by atoms with Gasteiger partial charge in [-0.25, -0.2) is 9.59 Å². The number of hydrazone groups is 1. The minimum atomic E-state index is -1.16. The zero-order valence-electron chi connectivity index (χ0n) is 26.0. The van der Waals surface area contributed by atoms with Crippen LogP contribution in [-0.4, -0.2) is 56.5 Å². The van der Waals surface area contributed by atoms with Crippen LogP contribution < -0.4 is 35.0 Å². The van der Waals surface area contributed by atoms with Gasteiger partial charge in [-0.3, -0.25) is 5.43 Å². The molecule has 2 atom stereocenters. The van der Waals surface area contributed by atoms with Crippen molar-refractivity contribution in [2.45, 2.75) is 39.6 Å². The summed E-state index contributed by atoms with van der Waals surface area (Å²) < 4.78 is 29.0. The number of allylic oxidation sites excluding steroid dienone is 1. The second-order valence-electron chi connectivity index (χ2n) is 9.94. The first-order valence-corrected chi connectivity index (χ1v) is 15.4. The van der Waals surface area contributed by atoms with Crippen molar-refractivity contribution in [3.05, 3.63) is 93.1 Å². The van der Waals surface area contributed by atoms with Crippen LogP contribution in [0.25, 0.3) is 0 Å². The van der Waals surface area contributed by atoms with Crippen molar-refractivity contribution >= 4 is 34.1 Å². The predicted octanol–water partition coefficient (Wildman–Crippen LogP) is 4.95. The van der Waals surface area contributed by atoms with Gasteiger partial charge in [0.2, 0.25) is 0 Å². The van der Waals surface area contributed by atoms with Crippen LogP contribution >= 0.6 is 15.9 Å². The quantitative estimate of drug-likeness (QED) is 0.0750. The average molecular weight is 698 g/mol. The first-order valence-electron chi connectivity index (χ1n) is 14.6. The van der Waals surface area contributed by atoms with Gasteiger partial charge in [0.15, 0.2) is 29.2 Å². The number of aliphatic hydroxyl groups excluding tert-OH is 1. The lowest BCUT2D eigenvalue weighted by Gasteiger charge is -2.28. The molecule has 0 fully saturated rings. The highest BCUT2D eigenvalue weighted by molar-refractivity contribution is 9.10. The van der Waals surface area contributed by atoms with E-state index in [4.69, 9.17) is 23.7 Å². The van der Waals surface area contributed by atoms with Crippen LogP contribution in [0.3, 0.4) is 0 Å². The molecule has 0 aromatic heterocycles. The SMILES string of the molecule is CCOc1cc(/C=N\N[C@H](O)COc2ccc([C@@H]3NC(=O)NC(C)=C3C(=O)OC)cc2OCC)c(Br)cc1OCc1ccccc1. The molecule has 0 unspecified atom stereocenters. The Hall–Kier alpha value is -4.75. The average Bonchev–Trinajstić information content (AvgIpc) is 3.04. The van der Waals surface area contributed by atoms with Gasteiger partial charge in [0, 0.05) is 15.7 Å². The van der Waals surface area contributed by atoms with Gasteiger partial charge in [0.25, 0.3) is 0 Å². The Morgan fingerprint density at radius 2 is 1.70 bits per heavy atom. The molecule has 0 saturated carbocycles. The van der Waals surface area contributed by atoms with Gasteiger partial charge in [-0.1, -0.05) is 36.4 Å².